The first-order valence-electron chi connectivity index (χ1n) is 6.31. The van der Waals surface area contributed by atoms with Gasteiger partial charge in [-0.3, -0.25) is 4.98 Å². The Morgan fingerprint density at radius 3 is 2.67 bits per heavy atom. The third-order valence-electron chi connectivity index (χ3n) is 3.10. The van der Waals surface area contributed by atoms with Gasteiger partial charge in [0, 0.05) is 30.4 Å². The summed E-state index contributed by atoms with van der Waals surface area (Å²) in [6, 6.07) is 0. The SMILES string of the molecule is COc1c(C)cnc(CN(C)CCC(C)O)c1C. The van der Waals surface area contributed by atoms with E-state index < -0.39 is 0 Å². The molecule has 0 radical (unpaired) electrons. The number of methoxy groups -OCH3 is 1. The van der Waals surface area contributed by atoms with E-state index in [4.69, 9.17) is 4.74 Å². The van der Waals surface area contributed by atoms with Crippen molar-refractivity contribution in [3.8, 4) is 5.75 Å². The number of nitrogens with zero attached hydrogens (tertiary/aromatic N) is 2. The number of pyridine rings is 1. The van der Waals surface area contributed by atoms with Gasteiger partial charge in [-0.05, 0) is 34.2 Å². The summed E-state index contributed by atoms with van der Waals surface area (Å²) in [6.07, 6.45) is 2.37. The first kappa shape index (κ1) is 14.9. The molecule has 0 aromatic carbocycles. The molecule has 0 saturated carbocycles. The minimum absolute atomic E-state index is 0.255. The van der Waals surface area contributed by atoms with Gasteiger partial charge in [-0.2, -0.15) is 0 Å². The number of hydrogen-bond donors (Lipinski definition) is 1. The van der Waals surface area contributed by atoms with Gasteiger partial charge in [0.1, 0.15) is 5.75 Å². The predicted octanol–water partition coefficient (Wildman–Crippen LogP) is 1.91. The molecule has 1 aromatic rings. The summed E-state index contributed by atoms with van der Waals surface area (Å²) in [5, 5.41) is 9.28. The smallest absolute Gasteiger partial charge is 0.128 e. The zero-order chi connectivity index (χ0) is 13.7. The van der Waals surface area contributed by atoms with Crippen LogP contribution in [-0.4, -0.2) is 41.8 Å². The van der Waals surface area contributed by atoms with Crippen LogP contribution in [0.5, 0.6) is 5.75 Å². The normalized spacial score (nSPS) is 12.8. The minimum Gasteiger partial charge on any atom is -0.496 e. The lowest BCUT2D eigenvalue weighted by molar-refractivity contribution is 0.162. The van der Waals surface area contributed by atoms with Crippen LogP contribution in [0.2, 0.25) is 0 Å². The van der Waals surface area contributed by atoms with Crippen molar-refractivity contribution < 1.29 is 9.84 Å². The van der Waals surface area contributed by atoms with Gasteiger partial charge in [-0.1, -0.05) is 0 Å². The van der Waals surface area contributed by atoms with E-state index in [2.05, 4.69) is 9.88 Å². The van der Waals surface area contributed by atoms with Crippen molar-refractivity contribution in [3.63, 3.8) is 0 Å². The van der Waals surface area contributed by atoms with E-state index in [0.717, 1.165) is 42.1 Å². The second-order valence-electron chi connectivity index (χ2n) is 4.92. The molecule has 0 saturated heterocycles. The van der Waals surface area contributed by atoms with Crippen LogP contribution in [0.3, 0.4) is 0 Å². The maximum Gasteiger partial charge on any atom is 0.128 e. The highest BCUT2D eigenvalue weighted by Gasteiger charge is 2.11. The van der Waals surface area contributed by atoms with E-state index in [1.54, 1.807) is 7.11 Å². The van der Waals surface area contributed by atoms with Gasteiger partial charge >= 0.3 is 0 Å². The number of aliphatic hydroxyl groups is 1. The van der Waals surface area contributed by atoms with E-state index >= 15 is 0 Å². The lowest BCUT2D eigenvalue weighted by Crippen LogP contribution is -2.23. The molecule has 4 heteroatoms. The molecule has 102 valence electrons. The lowest BCUT2D eigenvalue weighted by atomic mass is 10.1. The number of hydrogen-bond acceptors (Lipinski definition) is 4. The molecule has 0 spiro atoms. The average Bonchev–Trinajstić information content (AvgIpc) is 2.31. The number of aryl methyl sites for hydroxylation is 1. The van der Waals surface area contributed by atoms with Crippen LogP contribution in [0, 0.1) is 13.8 Å². The van der Waals surface area contributed by atoms with E-state index in [1.165, 1.54) is 0 Å². The first-order valence-corrected chi connectivity index (χ1v) is 6.31. The molecule has 1 rings (SSSR count). The second kappa shape index (κ2) is 6.71. The fourth-order valence-corrected chi connectivity index (χ4v) is 1.97. The van der Waals surface area contributed by atoms with Crippen LogP contribution in [0.15, 0.2) is 6.20 Å². The quantitative estimate of drug-likeness (QED) is 0.840. The van der Waals surface area contributed by atoms with Crippen LogP contribution in [0.1, 0.15) is 30.2 Å². The van der Waals surface area contributed by atoms with Gasteiger partial charge < -0.3 is 14.7 Å². The number of aliphatic hydroxyl groups excluding tert-OH is 1. The Labute approximate surface area is 110 Å². The Hall–Kier alpha value is -1.13. The molecule has 1 N–H and O–H groups in total. The van der Waals surface area contributed by atoms with Gasteiger partial charge in [0.2, 0.25) is 0 Å². The monoisotopic (exact) mass is 252 g/mol. The largest absolute Gasteiger partial charge is 0.496 e. The number of ether oxygens (including phenoxy) is 1. The molecule has 0 aliphatic rings. The Morgan fingerprint density at radius 1 is 1.44 bits per heavy atom. The zero-order valence-electron chi connectivity index (χ0n) is 12.0. The molecule has 0 bridgehead atoms. The topological polar surface area (TPSA) is 45.6 Å². The summed E-state index contributed by atoms with van der Waals surface area (Å²) in [6.45, 7) is 7.48. The molecule has 1 heterocycles. The van der Waals surface area contributed by atoms with E-state index in [9.17, 15) is 5.11 Å². The zero-order valence-corrected chi connectivity index (χ0v) is 12.0. The molecule has 0 amide bonds. The molecule has 0 fully saturated rings. The molecular weight excluding hydrogens is 228 g/mol. The Kier molecular flexibility index (Phi) is 5.56. The fraction of sp³-hybridized carbons (Fsp3) is 0.643. The summed E-state index contributed by atoms with van der Waals surface area (Å²) >= 11 is 0. The summed E-state index contributed by atoms with van der Waals surface area (Å²) < 4.78 is 5.40. The highest BCUT2D eigenvalue weighted by molar-refractivity contribution is 5.40. The first-order chi connectivity index (χ1) is 8.45. The maximum absolute atomic E-state index is 9.28. The van der Waals surface area contributed by atoms with Gasteiger partial charge in [0.05, 0.1) is 18.9 Å². The molecule has 0 aliphatic carbocycles. The number of aromatic nitrogens is 1. The summed E-state index contributed by atoms with van der Waals surface area (Å²) in [7, 11) is 3.73. The van der Waals surface area contributed by atoms with Crippen molar-refractivity contribution >= 4 is 0 Å². The highest BCUT2D eigenvalue weighted by Crippen LogP contribution is 2.24. The van der Waals surface area contributed by atoms with Crippen molar-refractivity contribution in [2.75, 3.05) is 20.7 Å². The summed E-state index contributed by atoms with van der Waals surface area (Å²) in [5.41, 5.74) is 3.19. The fourth-order valence-electron chi connectivity index (χ4n) is 1.97. The molecule has 1 unspecified atom stereocenters. The van der Waals surface area contributed by atoms with E-state index in [0.29, 0.717) is 0 Å². The van der Waals surface area contributed by atoms with Crippen molar-refractivity contribution in [2.45, 2.75) is 39.8 Å². The average molecular weight is 252 g/mol. The Balaban J connectivity index is 2.73. The van der Waals surface area contributed by atoms with Crippen LogP contribution in [-0.2, 0) is 6.54 Å². The van der Waals surface area contributed by atoms with Crippen LogP contribution in [0.25, 0.3) is 0 Å². The highest BCUT2D eigenvalue weighted by atomic mass is 16.5. The third kappa shape index (κ3) is 3.96. The van der Waals surface area contributed by atoms with Gasteiger partial charge in [-0.15, -0.1) is 0 Å². The molecule has 1 aromatic heterocycles. The Morgan fingerprint density at radius 2 is 2.11 bits per heavy atom. The van der Waals surface area contributed by atoms with Crippen LogP contribution >= 0.6 is 0 Å². The molecule has 1 atom stereocenters. The standard InChI is InChI=1S/C14H24N2O2/c1-10-8-15-13(12(3)14(10)18-5)9-16(4)7-6-11(2)17/h8,11,17H,6-7,9H2,1-5H3. The maximum atomic E-state index is 9.28. The number of rotatable bonds is 6. The van der Waals surface area contributed by atoms with Gasteiger partial charge in [-0.25, -0.2) is 0 Å². The lowest BCUT2D eigenvalue weighted by Gasteiger charge is -2.19. The molecule has 4 nitrogen and oxygen atoms in total. The van der Waals surface area contributed by atoms with Gasteiger partial charge in [0.25, 0.3) is 0 Å². The predicted molar refractivity (Wildman–Crippen MR) is 72.9 cm³/mol. The summed E-state index contributed by atoms with van der Waals surface area (Å²) in [5.74, 6) is 0.920. The van der Waals surface area contributed by atoms with Crippen LogP contribution in [0.4, 0.5) is 0 Å². The van der Waals surface area contributed by atoms with Crippen molar-refractivity contribution in [2.24, 2.45) is 0 Å². The second-order valence-corrected chi connectivity index (χ2v) is 4.92. The van der Waals surface area contributed by atoms with Crippen molar-refractivity contribution in [3.05, 3.63) is 23.0 Å². The van der Waals surface area contributed by atoms with E-state index in [1.807, 2.05) is 34.0 Å². The third-order valence-corrected chi connectivity index (χ3v) is 3.10. The minimum atomic E-state index is -0.255. The van der Waals surface area contributed by atoms with Crippen molar-refractivity contribution in [1.29, 1.82) is 0 Å². The molecule has 18 heavy (non-hydrogen) atoms. The van der Waals surface area contributed by atoms with Crippen molar-refractivity contribution in [1.82, 2.24) is 9.88 Å². The molecular formula is C14H24N2O2. The Bertz CT molecular complexity index is 392. The van der Waals surface area contributed by atoms with E-state index in [-0.39, 0.29) is 6.10 Å². The van der Waals surface area contributed by atoms with Gasteiger partial charge in [0.15, 0.2) is 0 Å². The molecule has 0 aliphatic heterocycles. The van der Waals surface area contributed by atoms with Crippen LogP contribution < -0.4 is 4.74 Å². The summed E-state index contributed by atoms with van der Waals surface area (Å²) in [4.78, 5) is 6.63.